The molecule has 0 bridgehead atoms. The van der Waals surface area contributed by atoms with Crippen LogP contribution in [0.1, 0.15) is 25.0 Å². The fourth-order valence-corrected chi connectivity index (χ4v) is 10.2. The van der Waals surface area contributed by atoms with Gasteiger partial charge in [0.05, 0.1) is 16.7 Å². The minimum absolute atomic E-state index is 0.0428. The summed E-state index contributed by atoms with van der Waals surface area (Å²) in [6.07, 6.45) is 0. The maximum Gasteiger partial charge on any atom is 0.0541 e. The Labute approximate surface area is 368 Å². The fraction of sp³-hybridized carbons (Fsp3) is 0.0492. The molecule has 1 aliphatic carbocycles. The summed E-state index contributed by atoms with van der Waals surface area (Å²) in [4.78, 5) is 2.37. The molecule has 0 N–H and O–H groups in total. The third-order valence-corrected chi connectivity index (χ3v) is 13.4. The maximum absolute atomic E-state index is 2.43. The molecule has 12 rings (SSSR count). The van der Waals surface area contributed by atoms with Crippen LogP contribution in [0.3, 0.4) is 0 Å². The summed E-state index contributed by atoms with van der Waals surface area (Å²) in [5, 5.41) is 4.98. The number of anilines is 3. The van der Waals surface area contributed by atoms with Crippen molar-refractivity contribution in [3.8, 4) is 50.2 Å². The minimum Gasteiger partial charge on any atom is -0.311 e. The van der Waals surface area contributed by atoms with Crippen molar-refractivity contribution in [1.29, 1.82) is 0 Å². The van der Waals surface area contributed by atoms with Crippen LogP contribution in [0, 0.1) is 0 Å². The zero-order valence-electron chi connectivity index (χ0n) is 35.3. The van der Waals surface area contributed by atoms with E-state index in [0.717, 1.165) is 17.1 Å². The first-order chi connectivity index (χ1) is 31.0. The van der Waals surface area contributed by atoms with Gasteiger partial charge >= 0.3 is 0 Å². The Hall–Kier alpha value is -7.94. The average Bonchev–Trinajstić information content (AvgIpc) is 3.79. The van der Waals surface area contributed by atoms with Crippen molar-refractivity contribution in [3.05, 3.63) is 242 Å². The molecular formula is C61H44N2. The first-order valence-electron chi connectivity index (χ1n) is 21.9. The second-order valence-electron chi connectivity index (χ2n) is 17.4. The Morgan fingerprint density at radius 1 is 0.333 bits per heavy atom. The number of para-hydroxylation sites is 1. The quantitative estimate of drug-likeness (QED) is 0.156. The fourth-order valence-electron chi connectivity index (χ4n) is 10.2. The molecule has 0 atom stereocenters. The van der Waals surface area contributed by atoms with E-state index in [9.17, 15) is 0 Å². The molecule has 0 aliphatic heterocycles. The van der Waals surface area contributed by atoms with Gasteiger partial charge < -0.3 is 9.47 Å². The Kier molecular flexibility index (Phi) is 8.55. The van der Waals surface area contributed by atoms with Gasteiger partial charge in [-0.3, -0.25) is 0 Å². The molecule has 10 aromatic carbocycles. The van der Waals surface area contributed by atoms with Crippen molar-refractivity contribution in [2.75, 3.05) is 4.90 Å². The van der Waals surface area contributed by atoms with E-state index >= 15 is 0 Å². The van der Waals surface area contributed by atoms with Crippen molar-refractivity contribution >= 4 is 49.6 Å². The average molecular weight is 805 g/mol. The highest BCUT2D eigenvalue weighted by molar-refractivity contribution is 6.11. The lowest BCUT2D eigenvalue weighted by Crippen LogP contribution is -2.14. The lowest BCUT2D eigenvalue weighted by atomic mass is 9.81. The number of rotatable bonds is 7. The summed E-state index contributed by atoms with van der Waals surface area (Å²) in [6.45, 7) is 4.70. The van der Waals surface area contributed by atoms with E-state index in [0.29, 0.717) is 0 Å². The molecule has 2 heteroatoms. The number of nitrogens with zero attached hydrogens (tertiary/aromatic N) is 2. The molecule has 1 aromatic heterocycles. The predicted molar refractivity (Wildman–Crippen MR) is 267 cm³/mol. The van der Waals surface area contributed by atoms with E-state index in [1.165, 1.54) is 93.9 Å². The molecule has 0 fully saturated rings. The van der Waals surface area contributed by atoms with Crippen molar-refractivity contribution in [2.45, 2.75) is 19.3 Å². The molecule has 0 saturated heterocycles. The van der Waals surface area contributed by atoms with Gasteiger partial charge in [0, 0.05) is 38.6 Å². The molecule has 0 unspecified atom stereocenters. The van der Waals surface area contributed by atoms with Gasteiger partial charge in [0.1, 0.15) is 0 Å². The summed E-state index contributed by atoms with van der Waals surface area (Å²) in [6, 6.07) is 84.5. The molecule has 2 nitrogen and oxygen atoms in total. The lowest BCUT2D eigenvalue weighted by Gasteiger charge is -2.26. The lowest BCUT2D eigenvalue weighted by molar-refractivity contribution is 0.660. The van der Waals surface area contributed by atoms with Gasteiger partial charge in [-0.25, -0.2) is 0 Å². The van der Waals surface area contributed by atoms with E-state index < -0.39 is 0 Å². The van der Waals surface area contributed by atoms with E-state index in [4.69, 9.17) is 0 Å². The van der Waals surface area contributed by atoms with Gasteiger partial charge in [0.2, 0.25) is 0 Å². The van der Waals surface area contributed by atoms with Crippen LogP contribution in [0.4, 0.5) is 17.1 Å². The molecule has 0 spiro atoms. The molecule has 0 saturated carbocycles. The normalized spacial score (nSPS) is 12.7. The Morgan fingerprint density at radius 3 is 1.54 bits per heavy atom. The van der Waals surface area contributed by atoms with Crippen molar-refractivity contribution in [3.63, 3.8) is 0 Å². The van der Waals surface area contributed by atoms with Gasteiger partial charge in [-0.15, -0.1) is 0 Å². The largest absolute Gasteiger partial charge is 0.311 e. The van der Waals surface area contributed by atoms with Crippen molar-refractivity contribution in [2.24, 2.45) is 0 Å². The number of hydrogen-bond donors (Lipinski definition) is 0. The van der Waals surface area contributed by atoms with Crippen molar-refractivity contribution in [1.82, 2.24) is 4.57 Å². The first-order valence-corrected chi connectivity index (χ1v) is 21.9. The van der Waals surface area contributed by atoms with E-state index in [1.807, 2.05) is 0 Å². The first kappa shape index (κ1) is 36.9. The monoisotopic (exact) mass is 804 g/mol. The second-order valence-corrected chi connectivity index (χ2v) is 17.4. The molecule has 1 aliphatic rings. The van der Waals surface area contributed by atoms with Crippen LogP contribution in [-0.2, 0) is 5.41 Å². The van der Waals surface area contributed by atoms with E-state index in [2.05, 4.69) is 254 Å². The van der Waals surface area contributed by atoms with Crippen LogP contribution in [0.5, 0.6) is 0 Å². The topological polar surface area (TPSA) is 8.17 Å². The van der Waals surface area contributed by atoms with E-state index in [-0.39, 0.29) is 5.41 Å². The minimum atomic E-state index is -0.0428. The maximum atomic E-state index is 2.43. The van der Waals surface area contributed by atoms with Crippen LogP contribution in [0.15, 0.2) is 231 Å². The highest BCUT2D eigenvalue weighted by Gasteiger charge is 2.35. The number of fused-ring (bicyclic) bond motifs is 7. The van der Waals surface area contributed by atoms with Crippen LogP contribution < -0.4 is 4.90 Å². The van der Waals surface area contributed by atoms with Crippen LogP contribution in [-0.4, -0.2) is 4.57 Å². The summed E-state index contributed by atoms with van der Waals surface area (Å²) in [5.74, 6) is 0. The van der Waals surface area contributed by atoms with Gasteiger partial charge in [0.25, 0.3) is 0 Å². The van der Waals surface area contributed by atoms with Gasteiger partial charge in [-0.1, -0.05) is 178 Å². The molecule has 63 heavy (non-hydrogen) atoms. The second kappa shape index (κ2) is 14.6. The summed E-state index contributed by atoms with van der Waals surface area (Å²) < 4.78 is 2.43. The Balaban J connectivity index is 0.916. The highest BCUT2D eigenvalue weighted by Crippen LogP contribution is 2.50. The third kappa shape index (κ3) is 6.09. The number of hydrogen-bond acceptors (Lipinski definition) is 1. The Morgan fingerprint density at radius 2 is 0.825 bits per heavy atom. The highest BCUT2D eigenvalue weighted by atomic mass is 15.1. The predicted octanol–water partition coefficient (Wildman–Crippen LogP) is 16.7. The smallest absolute Gasteiger partial charge is 0.0541 e. The van der Waals surface area contributed by atoms with Crippen LogP contribution in [0.2, 0.25) is 0 Å². The Bertz CT molecular complexity index is 3500. The zero-order chi connectivity index (χ0) is 42.1. The molecule has 0 amide bonds. The van der Waals surface area contributed by atoms with Crippen LogP contribution >= 0.6 is 0 Å². The SMILES string of the molecule is CC1(C)c2ccccc2-c2ccc(-c3ccc(N(c4ccc(-c5ccccc5)cc4)c4ccc(-c5ccc6c(c5)c5ccccc5n6-c5cccc6ccccc56)cc4)cc3)cc21. The van der Waals surface area contributed by atoms with Gasteiger partial charge in [0.15, 0.2) is 0 Å². The molecular weight excluding hydrogens is 761 g/mol. The summed E-state index contributed by atoms with van der Waals surface area (Å²) in [7, 11) is 0. The molecule has 11 aromatic rings. The summed E-state index contributed by atoms with van der Waals surface area (Å²) in [5.41, 5.74) is 19.6. The number of aromatic nitrogens is 1. The third-order valence-electron chi connectivity index (χ3n) is 13.4. The van der Waals surface area contributed by atoms with Gasteiger partial charge in [-0.05, 0) is 128 Å². The van der Waals surface area contributed by atoms with Crippen molar-refractivity contribution < 1.29 is 0 Å². The molecule has 298 valence electrons. The molecule has 1 heterocycles. The van der Waals surface area contributed by atoms with Gasteiger partial charge in [-0.2, -0.15) is 0 Å². The van der Waals surface area contributed by atoms with E-state index in [1.54, 1.807) is 0 Å². The standard InChI is InChI=1S/C61H44N2/c1-61(2)56-20-10-8-18-52(56)53-37-29-47(40-57(53)61)44-27-35-50(36-28-44)62(48-31-23-42(24-32-48)41-13-4-3-5-14-41)49-33-25-43(26-34-49)46-30-38-60-55(39-46)54-19-9-11-21-59(54)63(60)58-22-12-16-45-15-6-7-17-51(45)58/h3-40H,1-2H3. The molecule has 0 radical (unpaired) electrons. The zero-order valence-corrected chi connectivity index (χ0v) is 35.3. The number of benzene rings is 10. The van der Waals surface area contributed by atoms with Crippen LogP contribution in [0.25, 0.3) is 82.8 Å². The summed E-state index contributed by atoms with van der Waals surface area (Å²) >= 11 is 0.